The highest BCUT2D eigenvalue weighted by Crippen LogP contribution is 2.36. The number of benzene rings is 2. The second kappa shape index (κ2) is 6.73. The van der Waals surface area contributed by atoms with Crippen LogP contribution >= 0.6 is 0 Å². The average Bonchev–Trinajstić information content (AvgIpc) is 3.33. The van der Waals surface area contributed by atoms with E-state index in [0.29, 0.717) is 17.9 Å². The summed E-state index contributed by atoms with van der Waals surface area (Å²) < 4.78 is 42.4. The predicted molar refractivity (Wildman–Crippen MR) is 112 cm³/mol. The van der Waals surface area contributed by atoms with Crippen LogP contribution in [0.5, 0.6) is 0 Å². The first-order chi connectivity index (χ1) is 14.7. The lowest BCUT2D eigenvalue weighted by molar-refractivity contribution is -0.137. The lowest BCUT2D eigenvalue weighted by atomic mass is 10.0. The molecule has 1 atom stereocenters. The summed E-state index contributed by atoms with van der Waals surface area (Å²) in [5.74, 6) is -0.232. The molecule has 0 saturated carbocycles. The maximum Gasteiger partial charge on any atom is 0.416 e. The lowest BCUT2D eigenvalue weighted by Gasteiger charge is -2.33. The average molecular weight is 424 g/mol. The predicted octanol–water partition coefficient (Wildman–Crippen LogP) is 5.28. The zero-order valence-corrected chi connectivity index (χ0v) is 16.9. The molecule has 2 aromatic heterocycles. The van der Waals surface area contributed by atoms with Gasteiger partial charge in [-0.1, -0.05) is 6.07 Å². The summed E-state index contributed by atoms with van der Waals surface area (Å²) in [5, 5.41) is 5.35. The molecule has 0 fully saturated rings. The molecule has 2 aromatic carbocycles. The van der Waals surface area contributed by atoms with Crippen LogP contribution in [0.3, 0.4) is 0 Å². The molecule has 1 aliphatic heterocycles. The van der Waals surface area contributed by atoms with E-state index in [1.165, 1.54) is 12.1 Å². The highest BCUT2D eigenvalue weighted by atomic mass is 19.4. The SMILES string of the molecule is C[C@H]1CN(c2ccc(C(F)(F)F)cc2)C(=O)c2c(-c3ccc4nn(C)cc4c3)ccn21. The van der Waals surface area contributed by atoms with E-state index in [1.54, 1.807) is 9.58 Å². The second-order valence-corrected chi connectivity index (χ2v) is 7.87. The standard InChI is InChI=1S/C23H19F3N4O/c1-14-12-30(18-6-4-17(5-7-18)23(24,25)26)22(31)21-19(9-10-29(14)21)15-3-8-20-16(11-15)13-28(2)27-20/h3-11,13-14H,12H2,1-2H3/t14-/m0/s1. The van der Waals surface area contributed by atoms with E-state index in [-0.39, 0.29) is 11.9 Å². The van der Waals surface area contributed by atoms with Gasteiger partial charge in [0, 0.05) is 48.7 Å². The van der Waals surface area contributed by atoms with Crippen LogP contribution in [0.4, 0.5) is 18.9 Å². The molecule has 5 nitrogen and oxygen atoms in total. The number of fused-ring (bicyclic) bond motifs is 2. The topological polar surface area (TPSA) is 43.1 Å². The molecule has 0 radical (unpaired) electrons. The third-order valence-corrected chi connectivity index (χ3v) is 5.72. The largest absolute Gasteiger partial charge is 0.416 e. The number of aromatic nitrogens is 3. The lowest BCUT2D eigenvalue weighted by Crippen LogP contribution is -2.42. The van der Waals surface area contributed by atoms with Crippen LogP contribution in [0.1, 0.15) is 29.0 Å². The quantitative estimate of drug-likeness (QED) is 0.439. The Hall–Kier alpha value is -3.55. The molecular weight excluding hydrogens is 405 g/mol. The van der Waals surface area contributed by atoms with Crippen molar-refractivity contribution in [1.82, 2.24) is 14.3 Å². The molecule has 0 aliphatic carbocycles. The number of rotatable bonds is 2. The molecule has 0 bridgehead atoms. The summed E-state index contributed by atoms with van der Waals surface area (Å²) in [6.07, 6.45) is -0.602. The van der Waals surface area contributed by atoms with Crippen molar-refractivity contribution in [3.8, 4) is 11.1 Å². The summed E-state index contributed by atoms with van der Waals surface area (Å²) >= 11 is 0. The number of alkyl halides is 3. The van der Waals surface area contributed by atoms with Gasteiger partial charge in [-0.15, -0.1) is 0 Å². The number of anilines is 1. The molecule has 158 valence electrons. The van der Waals surface area contributed by atoms with Gasteiger partial charge in [0.05, 0.1) is 11.1 Å². The number of hydrogen-bond acceptors (Lipinski definition) is 2. The number of halogens is 3. The molecule has 8 heteroatoms. The van der Waals surface area contributed by atoms with Crippen molar-refractivity contribution in [2.45, 2.75) is 19.1 Å². The fourth-order valence-electron chi connectivity index (χ4n) is 4.21. The summed E-state index contributed by atoms with van der Waals surface area (Å²) in [6, 6.07) is 12.5. The van der Waals surface area contributed by atoms with Crippen molar-refractivity contribution in [2.75, 3.05) is 11.4 Å². The van der Waals surface area contributed by atoms with E-state index in [1.807, 2.05) is 55.2 Å². The Morgan fingerprint density at radius 1 is 1.06 bits per heavy atom. The van der Waals surface area contributed by atoms with Crippen molar-refractivity contribution in [2.24, 2.45) is 7.05 Å². The number of carbonyl (C=O) groups excluding carboxylic acids is 1. The monoisotopic (exact) mass is 424 g/mol. The molecule has 1 aliphatic rings. The van der Waals surface area contributed by atoms with Crippen LogP contribution in [0.15, 0.2) is 60.9 Å². The second-order valence-electron chi connectivity index (χ2n) is 7.87. The molecule has 4 aromatic rings. The summed E-state index contributed by atoms with van der Waals surface area (Å²) in [6.45, 7) is 2.37. The van der Waals surface area contributed by atoms with Crippen molar-refractivity contribution in [3.05, 3.63) is 72.2 Å². The molecule has 0 saturated heterocycles. The Bertz CT molecular complexity index is 1300. The van der Waals surface area contributed by atoms with Gasteiger partial charge in [0.1, 0.15) is 5.69 Å². The van der Waals surface area contributed by atoms with Gasteiger partial charge >= 0.3 is 6.18 Å². The van der Waals surface area contributed by atoms with Crippen molar-refractivity contribution >= 4 is 22.5 Å². The first-order valence-electron chi connectivity index (χ1n) is 9.86. The Labute approximate surface area is 176 Å². The van der Waals surface area contributed by atoms with Crippen molar-refractivity contribution < 1.29 is 18.0 Å². The van der Waals surface area contributed by atoms with E-state index in [9.17, 15) is 18.0 Å². The van der Waals surface area contributed by atoms with Crippen molar-refractivity contribution in [3.63, 3.8) is 0 Å². The number of amides is 1. The van der Waals surface area contributed by atoms with Crippen LogP contribution in [-0.4, -0.2) is 26.8 Å². The smallest absolute Gasteiger partial charge is 0.338 e. The molecule has 5 rings (SSSR count). The van der Waals surface area contributed by atoms with Crippen LogP contribution in [-0.2, 0) is 13.2 Å². The molecule has 0 unspecified atom stereocenters. The zero-order chi connectivity index (χ0) is 21.9. The highest BCUT2D eigenvalue weighted by molar-refractivity contribution is 6.10. The molecule has 31 heavy (non-hydrogen) atoms. The minimum atomic E-state index is -4.41. The van der Waals surface area contributed by atoms with E-state index in [0.717, 1.165) is 34.2 Å². The first kappa shape index (κ1) is 19.4. The fourth-order valence-corrected chi connectivity index (χ4v) is 4.21. The van der Waals surface area contributed by atoms with Crippen LogP contribution in [0, 0.1) is 0 Å². The Morgan fingerprint density at radius 2 is 1.81 bits per heavy atom. The van der Waals surface area contributed by atoms with E-state index >= 15 is 0 Å². The first-order valence-corrected chi connectivity index (χ1v) is 9.86. The van der Waals surface area contributed by atoms with Crippen molar-refractivity contribution in [1.29, 1.82) is 0 Å². The van der Waals surface area contributed by atoms with Gasteiger partial charge in [-0.3, -0.25) is 9.48 Å². The summed E-state index contributed by atoms with van der Waals surface area (Å²) in [7, 11) is 1.85. The summed E-state index contributed by atoms with van der Waals surface area (Å²) in [5.41, 5.74) is 2.80. The van der Waals surface area contributed by atoms with Gasteiger partial charge in [-0.05, 0) is 55.0 Å². The van der Waals surface area contributed by atoms with Crippen LogP contribution < -0.4 is 4.90 Å². The fraction of sp³-hybridized carbons (Fsp3) is 0.217. The Balaban J connectivity index is 1.56. The van der Waals surface area contributed by atoms with Gasteiger partial charge in [0.2, 0.25) is 0 Å². The van der Waals surface area contributed by atoms with Crippen LogP contribution in [0.25, 0.3) is 22.0 Å². The maximum atomic E-state index is 13.4. The number of carbonyl (C=O) groups is 1. The third-order valence-electron chi connectivity index (χ3n) is 5.72. The van der Waals surface area contributed by atoms with Crippen LogP contribution in [0.2, 0.25) is 0 Å². The minimum Gasteiger partial charge on any atom is -0.338 e. The zero-order valence-electron chi connectivity index (χ0n) is 16.9. The van der Waals surface area contributed by atoms with Gasteiger partial charge in [-0.25, -0.2) is 0 Å². The van der Waals surface area contributed by atoms with E-state index < -0.39 is 11.7 Å². The van der Waals surface area contributed by atoms with E-state index in [2.05, 4.69) is 5.10 Å². The van der Waals surface area contributed by atoms with Gasteiger partial charge in [0.25, 0.3) is 5.91 Å². The Kier molecular flexibility index (Phi) is 4.22. The number of nitrogens with zero attached hydrogens (tertiary/aromatic N) is 4. The molecule has 0 spiro atoms. The minimum absolute atomic E-state index is 0.0223. The number of aryl methyl sites for hydroxylation is 1. The van der Waals surface area contributed by atoms with Gasteiger partial charge in [-0.2, -0.15) is 18.3 Å². The molecule has 1 amide bonds. The summed E-state index contributed by atoms with van der Waals surface area (Å²) in [4.78, 5) is 15.0. The normalized spacial score (nSPS) is 16.7. The van der Waals surface area contributed by atoms with Gasteiger partial charge < -0.3 is 9.47 Å². The Morgan fingerprint density at radius 3 is 2.52 bits per heavy atom. The highest BCUT2D eigenvalue weighted by Gasteiger charge is 2.34. The molecule has 0 N–H and O–H groups in total. The third kappa shape index (κ3) is 3.19. The van der Waals surface area contributed by atoms with Gasteiger partial charge in [0.15, 0.2) is 0 Å². The van der Waals surface area contributed by atoms with E-state index in [4.69, 9.17) is 0 Å². The maximum absolute atomic E-state index is 13.4. The molecular formula is C23H19F3N4O. The molecule has 3 heterocycles. The number of hydrogen-bond donors (Lipinski definition) is 0.